The Balaban J connectivity index is 2.39. The number of nitrogens with zero attached hydrogens (tertiary/aromatic N) is 3. The van der Waals surface area contributed by atoms with E-state index in [4.69, 9.17) is 14.7 Å². The Morgan fingerprint density at radius 3 is 2.58 bits per heavy atom. The van der Waals surface area contributed by atoms with Crippen molar-refractivity contribution in [3.8, 4) is 17.6 Å². The first kappa shape index (κ1) is 17.8. The highest BCUT2D eigenvalue weighted by molar-refractivity contribution is 5.81. The quantitative estimate of drug-likeness (QED) is 0.834. The molecule has 0 saturated heterocycles. The lowest BCUT2D eigenvalue weighted by molar-refractivity contribution is 0.254. The van der Waals surface area contributed by atoms with E-state index in [0.717, 1.165) is 6.54 Å². The molecule has 0 aliphatic rings. The second-order valence-corrected chi connectivity index (χ2v) is 5.59. The Bertz CT molecular complexity index is 810. The third-order valence-electron chi connectivity index (χ3n) is 3.83. The summed E-state index contributed by atoms with van der Waals surface area (Å²) in [4.78, 5) is 21.8. The molecule has 1 aromatic carbocycles. The SMILES string of the molecule is CCN(Cc1nc2cc(OC)c(OC)cc2c(=O)[nH]1)C[C@H](C)C#N. The fourth-order valence-corrected chi connectivity index (χ4v) is 2.53. The molecule has 0 bridgehead atoms. The van der Waals surface area contributed by atoms with Gasteiger partial charge in [-0.3, -0.25) is 9.69 Å². The van der Waals surface area contributed by atoms with Crippen LogP contribution in [0.1, 0.15) is 19.7 Å². The minimum atomic E-state index is -0.222. The molecule has 128 valence electrons. The molecular weight excluding hydrogens is 308 g/mol. The van der Waals surface area contributed by atoms with Crippen molar-refractivity contribution in [2.75, 3.05) is 27.3 Å². The van der Waals surface area contributed by atoms with Crippen LogP contribution in [0.25, 0.3) is 10.9 Å². The molecule has 1 atom stereocenters. The number of hydrogen-bond donors (Lipinski definition) is 1. The zero-order chi connectivity index (χ0) is 17.7. The van der Waals surface area contributed by atoms with Gasteiger partial charge in [0.05, 0.1) is 43.7 Å². The first-order valence-electron chi connectivity index (χ1n) is 7.79. The Kier molecular flexibility index (Phi) is 5.77. The summed E-state index contributed by atoms with van der Waals surface area (Å²) in [6, 6.07) is 5.54. The van der Waals surface area contributed by atoms with Crippen molar-refractivity contribution >= 4 is 10.9 Å². The summed E-state index contributed by atoms with van der Waals surface area (Å²) < 4.78 is 10.5. The molecule has 2 aromatic rings. The van der Waals surface area contributed by atoms with E-state index in [2.05, 4.69) is 20.9 Å². The molecule has 0 radical (unpaired) electrons. The molecule has 1 N–H and O–H groups in total. The summed E-state index contributed by atoms with van der Waals surface area (Å²) in [6.45, 7) is 5.75. The Morgan fingerprint density at radius 2 is 2.00 bits per heavy atom. The van der Waals surface area contributed by atoms with Gasteiger partial charge >= 0.3 is 0 Å². The normalized spacial score (nSPS) is 12.2. The molecule has 0 fully saturated rings. The van der Waals surface area contributed by atoms with Gasteiger partial charge in [0.1, 0.15) is 5.82 Å². The Morgan fingerprint density at radius 1 is 1.33 bits per heavy atom. The van der Waals surface area contributed by atoms with Crippen LogP contribution in [0.2, 0.25) is 0 Å². The van der Waals surface area contributed by atoms with E-state index in [1.54, 1.807) is 19.2 Å². The summed E-state index contributed by atoms with van der Waals surface area (Å²) in [6.07, 6.45) is 0. The van der Waals surface area contributed by atoms with Crippen LogP contribution < -0.4 is 15.0 Å². The van der Waals surface area contributed by atoms with Gasteiger partial charge in [-0.2, -0.15) is 5.26 Å². The maximum absolute atomic E-state index is 12.4. The van der Waals surface area contributed by atoms with Crippen molar-refractivity contribution in [3.63, 3.8) is 0 Å². The number of methoxy groups -OCH3 is 2. The fraction of sp³-hybridized carbons (Fsp3) is 0.471. The third kappa shape index (κ3) is 3.84. The van der Waals surface area contributed by atoms with Gasteiger partial charge in [-0.25, -0.2) is 4.98 Å². The number of ether oxygens (including phenoxy) is 2. The van der Waals surface area contributed by atoms with E-state index < -0.39 is 0 Å². The van der Waals surface area contributed by atoms with Gasteiger partial charge in [0.15, 0.2) is 11.5 Å². The van der Waals surface area contributed by atoms with Crippen LogP contribution >= 0.6 is 0 Å². The number of H-pyrrole nitrogens is 1. The van der Waals surface area contributed by atoms with Crippen molar-refractivity contribution in [1.82, 2.24) is 14.9 Å². The van der Waals surface area contributed by atoms with Gasteiger partial charge in [0.25, 0.3) is 5.56 Å². The van der Waals surface area contributed by atoms with Crippen molar-refractivity contribution in [2.45, 2.75) is 20.4 Å². The van der Waals surface area contributed by atoms with Crippen molar-refractivity contribution < 1.29 is 9.47 Å². The van der Waals surface area contributed by atoms with E-state index in [1.165, 1.54) is 7.11 Å². The van der Waals surface area contributed by atoms with E-state index in [9.17, 15) is 4.79 Å². The molecule has 0 amide bonds. The van der Waals surface area contributed by atoms with Crippen LogP contribution in [0.5, 0.6) is 11.5 Å². The van der Waals surface area contributed by atoms with Crippen molar-refractivity contribution in [2.24, 2.45) is 5.92 Å². The lowest BCUT2D eigenvalue weighted by Crippen LogP contribution is -2.29. The van der Waals surface area contributed by atoms with Gasteiger partial charge in [-0.15, -0.1) is 0 Å². The second-order valence-electron chi connectivity index (χ2n) is 5.59. The highest BCUT2D eigenvalue weighted by Crippen LogP contribution is 2.29. The Labute approximate surface area is 140 Å². The molecule has 7 nitrogen and oxygen atoms in total. The number of aromatic nitrogens is 2. The first-order valence-corrected chi connectivity index (χ1v) is 7.79. The molecule has 1 heterocycles. The van der Waals surface area contributed by atoms with Crippen LogP contribution in [0.3, 0.4) is 0 Å². The molecular formula is C17H22N4O3. The Hall–Kier alpha value is -2.59. The predicted octanol–water partition coefficient (Wildman–Crippen LogP) is 1.92. The van der Waals surface area contributed by atoms with Crippen molar-refractivity contribution in [1.29, 1.82) is 5.26 Å². The van der Waals surface area contributed by atoms with E-state index in [-0.39, 0.29) is 11.5 Å². The number of hydrogen-bond acceptors (Lipinski definition) is 6. The van der Waals surface area contributed by atoms with Gasteiger partial charge in [0, 0.05) is 12.6 Å². The van der Waals surface area contributed by atoms with Crippen LogP contribution in [0.15, 0.2) is 16.9 Å². The monoisotopic (exact) mass is 330 g/mol. The first-order chi connectivity index (χ1) is 11.5. The van der Waals surface area contributed by atoms with Gasteiger partial charge < -0.3 is 14.5 Å². The number of nitriles is 1. The molecule has 0 aliphatic carbocycles. The van der Waals surface area contributed by atoms with Gasteiger partial charge in [-0.05, 0) is 19.5 Å². The summed E-state index contributed by atoms with van der Waals surface area (Å²) in [7, 11) is 3.06. The molecule has 0 unspecified atom stereocenters. The van der Waals surface area contributed by atoms with Crippen LogP contribution in [-0.4, -0.2) is 42.2 Å². The van der Waals surface area contributed by atoms with Gasteiger partial charge in [-0.1, -0.05) is 6.92 Å². The maximum atomic E-state index is 12.4. The summed E-state index contributed by atoms with van der Waals surface area (Å²) in [5.41, 5.74) is 0.330. The second kappa shape index (κ2) is 7.79. The molecule has 0 aliphatic heterocycles. The zero-order valence-corrected chi connectivity index (χ0v) is 14.4. The van der Waals surface area contributed by atoms with E-state index >= 15 is 0 Å². The number of fused-ring (bicyclic) bond motifs is 1. The minimum Gasteiger partial charge on any atom is -0.493 e. The van der Waals surface area contributed by atoms with Crippen LogP contribution in [0.4, 0.5) is 0 Å². The molecule has 2 rings (SSSR count). The standard InChI is InChI=1S/C17H22N4O3/c1-5-21(9-11(2)8-18)10-16-19-13-7-15(24-4)14(23-3)6-12(13)17(22)20-16/h6-7,11H,5,9-10H2,1-4H3,(H,19,20,22)/t11-/m1/s1. The average molecular weight is 330 g/mol. The molecule has 0 spiro atoms. The van der Waals surface area contributed by atoms with E-state index in [1.807, 2.05) is 13.8 Å². The average Bonchev–Trinajstić information content (AvgIpc) is 2.59. The lowest BCUT2D eigenvalue weighted by Gasteiger charge is -2.20. The highest BCUT2D eigenvalue weighted by Gasteiger charge is 2.14. The number of benzene rings is 1. The summed E-state index contributed by atoms with van der Waals surface area (Å²) in [5.74, 6) is 1.50. The number of aromatic amines is 1. The fourth-order valence-electron chi connectivity index (χ4n) is 2.53. The minimum absolute atomic E-state index is 0.0820. The lowest BCUT2D eigenvalue weighted by atomic mass is 10.2. The van der Waals surface area contributed by atoms with Gasteiger partial charge in [0.2, 0.25) is 0 Å². The maximum Gasteiger partial charge on any atom is 0.258 e. The van der Waals surface area contributed by atoms with Crippen molar-refractivity contribution in [3.05, 3.63) is 28.3 Å². The molecule has 24 heavy (non-hydrogen) atoms. The third-order valence-corrected chi connectivity index (χ3v) is 3.83. The summed E-state index contributed by atoms with van der Waals surface area (Å²) in [5, 5.41) is 9.41. The number of rotatable bonds is 7. The smallest absolute Gasteiger partial charge is 0.258 e. The number of nitrogens with one attached hydrogen (secondary N) is 1. The molecule has 7 heteroatoms. The van der Waals surface area contributed by atoms with Crippen LogP contribution in [-0.2, 0) is 6.54 Å². The molecule has 0 saturated carbocycles. The largest absolute Gasteiger partial charge is 0.493 e. The predicted molar refractivity (Wildman–Crippen MR) is 91.2 cm³/mol. The topological polar surface area (TPSA) is 91.2 Å². The van der Waals surface area contributed by atoms with E-state index in [0.29, 0.717) is 41.3 Å². The molecule has 1 aromatic heterocycles. The highest BCUT2D eigenvalue weighted by atomic mass is 16.5. The summed E-state index contributed by atoms with van der Waals surface area (Å²) >= 11 is 0. The van der Waals surface area contributed by atoms with Crippen LogP contribution in [0, 0.1) is 17.2 Å². The zero-order valence-electron chi connectivity index (χ0n) is 14.4.